The Hall–Kier alpha value is -2.11. The first-order valence-corrected chi connectivity index (χ1v) is 9.61. The lowest BCUT2D eigenvalue weighted by molar-refractivity contribution is 0.0493. The molecule has 0 radical (unpaired) electrons. The number of rotatable bonds is 5. The lowest BCUT2D eigenvalue weighted by Crippen LogP contribution is -2.35. The number of benzene rings is 1. The Morgan fingerprint density at radius 1 is 1.19 bits per heavy atom. The van der Waals surface area contributed by atoms with Crippen molar-refractivity contribution in [3.63, 3.8) is 0 Å². The molecule has 0 bridgehead atoms. The van der Waals surface area contributed by atoms with Gasteiger partial charge < -0.3 is 14.2 Å². The monoisotopic (exact) mass is 352 g/mol. The van der Waals surface area contributed by atoms with Crippen molar-refractivity contribution in [2.75, 3.05) is 13.1 Å². The van der Waals surface area contributed by atoms with Crippen LogP contribution in [-0.2, 0) is 20.1 Å². The van der Waals surface area contributed by atoms with Crippen LogP contribution < -0.4 is 0 Å². The Balaban J connectivity index is 1.41. The number of hydrogen-bond donors (Lipinski definition) is 1. The van der Waals surface area contributed by atoms with E-state index in [0.29, 0.717) is 5.92 Å². The summed E-state index contributed by atoms with van der Waals surface area (Å²) < 4.78 is 4.23. The minimum atomic E-state index is -0.459. The first-order valence-electron chi connectivity index (χ1n) is 9.61. The zero-order valence-electron chi connectivity index (χ0n) is 15.7. The highest BCUT2D eigenvalue weighted by Crippen LogP contribution is 2.31. The third-order valence-electron chi connectivity index (χ3n) is 5.84. The van der Waals surface area contributed by atoms with Gasteiger partial charge in [-0.1, -0.05) is 12.1 Å². The number of fused-ring (bicyclic) bond motifs is 1. The van der Waals surface area contributed by atoms with Gasteiger partial charge in [0.2, 0.25) is 0 Å². The number of aliphatic hydroxyl groups excluding tert-OH is 1. The number of likely N-dealkylation sites (tertiary alicyclic amines) is 1. The van der Waals surface area contributed by atoms with E-state index in [0.717, 1.165) is 44.8 Å². The molecule has 2 aromatic heterocycles. The highest BCUT2D eigenvalue weighted by Gasteiger charge is 2.28. The molecule has 0 spiro atoms. The molecule has 1 aliphatic heterocycles. The van der Waals surface area contributed by atoms with Crippen molar-refractivity contribution in [1.82, 2.24) is 19.0 Å². The molecular formula is C21H28N4O. The maximum atomic E-state index is 10.7. The van der Waals surface area contributed by atoms with Crippen LogP contribution in [0.25, 0.3) is 10.9 Å². The molecule has 5 nitrogen and oxygen atoms in total. The van der Waals surface area contributed by atoms with Gasteiger partial charge in [-0.15, -0.1) is 0 Å². The van der Waals surface area contributed by atoms with Crippen LogP contribution in [0.1, 0.15) is 37.3 Å². The van der Waals surface area contributed by atoms with E-state index in [-0.39, 0.29) is 0 Å². The molecule has 0 unspecified atom stereocenters. The molecule has 0 aliphatic carbocycles. The van der Waals surface area contributed by atoms with Gasteiger partial charge in [-0.3, -0.25) is 4.90 Å². The summed E-state index contributed by atoms with van der Waals surface area (Å²) in [6.07, 6.45) is 7.41. The second-order valence-corrected chi connectivity index (χ2v) is 7.41. The molecule has 1 fully saturated rings. The average molecular weight is 352 g/mol. The maximum Gasteiger partial charge on any atom is 0.137 e. The fraction of sp³-hybridized carbons (Fsp3) is 0.476. The van der Waals surface area contributed by atoms with Crippen molar-refractivity contribution >= 4 is 10.9 Å². The van der Waals surface area contributed by atoms with Crippen molar-refractivity contribution in [2.45, 2.75) is 39.0 Å². The molecule has 138 valence electrons. The van der Waals surface area contributed by atoms with Crippen LogP contribution in [0.4, 0.5) is 0 Å². The molecule has 1 saturated heterocycles. The second kappa shape index (κ2) is 7.25. The predicted molar refractivity (Wildman–Crippen MR) is 104 cm³/mol. The van der Waals surface area contributed by atoms with E-state index < -0.39 is 6.10 Å². The minimum absolute atomic E-state index is 0.296. The lowest BCUT2D eigenvalue weighted by Gasteiger charge is -2.34. The molecule has 3 aromatic rings. The molecule has 0 saturated carbocycles. The molecule has 5 heteroatoms. The molecule has 1 aliphatic rings. The normalized spacial score (nSPS) is 17.8. The molecule has 26 heavy (non-hydrogen) atoms. The van der Waals surface area contributed by atoms with E-state index >= 15 is 0 Å². The number of imidazole rings is 1. The summed E-state index contributed by atoms with van der Waals surface area (Å²) in [5.41, 5.74) is 2.72. The van der Waals surface area contributed by atoms with Gasteiger partial charge in [0.05, 0.1) is 0 Å². The van der Waals surface area contributed by atoms with Crippen LogP contribution in [0.15, 0.2) is 42.9 Å². The topological polar surface area (TPSA) is 46.2 Å². The Kier molecular flexibility index (Phi) is 4.83. The van der Waals surface area contributed by atoms with Crippen LogP contribution in [0.3, 0.4) is 0 Å². The number of piperidine rings is 1. The Morgan fingerprint density at radius 3 is 2.69 bits per heavy atom. The Labute approximate surface area is 154 Å². The largest absolute Gasteiger partial charge is 0.385 e. The number of aryl methyl sites for hydroxylation is 2. The van der Waals surface area contributed by atoms with Crippen molar-refractivity contribution in [3.8, 4) is 0 Å². The van der Waals surface area contributed by atoms with Crippen molar-refractivity contribution in [2.24, 2.45) is 13.0 Å². The van der Waals surface area contributed by atoms with Crippen molar-refractivity contribution in [1.29, 1.82) is 0 Å². The van der Waals surface area contributed by atoms with Crippen LogP contribution in [-0.4, -0.2) is 37.2 Å². The summed E-state index contributed by atoms with van der Waals surface area (Å²) >= 11 is 0. The number of hydrogen-bond acceptors (Lipinski definition) is 3. The molecule has 3 heterocycles. The molecule has 1 atom stereocenters. The van der Waals surface area contributed by atoms with Crippen LogP contribution >= 0.6 is 0 Å². The third-order valence-corrected chi connectivity index (χ3v) is 5.84. The summed E-state index contributed by atoms with van der Waals surface area (Å²) in [5, 5.41) is 12.0. The minimum Gasteiger partial charge on any atom is -0.385 e. The number of nitrogens with zero attached hydrogens (tertiary/aromatic N) is 4. The van der Waals surface area contributed by atoms with E-state index in [4.69, 9.17) is 0 Å². The van der Waals surface area contributed by atoms with Gasteiger partial charge in [0.25, 0.3) is 0 Å². The van der Waals surface area contributed by atoms with Gasteiger partial charge in [-0.2, -0.15) is 0 Å². The smallest absolute Gasteiger partial charge is 0.137 e. The fourth-order valence-corrected chi connectivity index (χ4v) is 4.24. The quantitative estimate of drug-likeness (QED) is 0.766. The molecule has 0 amide bonds. The zero-order chi connectivity index (χ0) is 18.1. The maximum absolute atomic E-state index is 10.7. The third kappa shape index (κ3) is 3.17. The van der Waals surface area contributed by atoms with E-state index in [9.17, 15) is 5.11 Å². The van der Waals surface area contributed by atoms with Gasteiger partial charge >= 0.3 is 0 Å². The fourth-order valence-electron chi connectivity index (χ4n) is 4.24. The van der Waals surface area contributed by atoms with Crippen LogP contribution in [0.2, 0.25) is 0 Å². The summed E-state index contributed by atoms with van der Waals surface area (Å²) in [5.74, 6) is 1.08. The standard InChI is InChI=1S/C21H28N4O/c1-3-25-13-9-18-17(5-4-6-19(18)25)15-24-11-7-16(8-12-24)20(26)21-22-10-14-23(21)2/h4-6,9-10,13-14,16,20,26H,3,7-8,11-12,15H2,1-2H3/t20-/m0/s1. The van der Waals surface area contributed by atoms with Gasteiger partial charge in [0.1, 0.15) is 11.9 Å². The van der Waals surface area contributed by atoms with Crippen LogP contribution in [0.5, 0.6) is 0 Å². The van der Waals surface area contributed by atoms with E-state index in [1.807, 2.05) is 17.8 Å². The second-order valence-electron chi connectivity index (χ2n) is 7.41. The van der Waals surface area contributed by atoms with Crippen molar-refractivity contribution < 1.29 is 5.11 Å². The Bertz CT molecular complexity index is 873. The van der Waals surface area contributed by atoms with E-state index in [1.54, 1.807) is 6.20 Å². The highest BCUT2D eigenvalue weighted by molar-refractivity contribution is 5.83. The Morgan fingerprint density at radius 2 is 2.00 bits per heavy atom. The summed E-state index contributed by atoms with van der Waals surface area (Å²) in [6.45, 7) is 6.22. The number of aromatic nitrogens is 3. The summed E-state index contributed by atoms with van der Waals surface area (Å²) in [7, 11) is 1.95. The average Bonchev–Trinajstić information content (AvgIpc) is 3.28. The highest BCUT2D eigenvalue weighted by atomic mass is 16.3. The number of aliphatic hydroxyl groups is 1. The van der Waals surface area contributed by atoms with Gasteiger partial charge in [0, 0.05) is 49.6 Å². The van der Waals surface area contributed by atoms with Gasteiger partial charge in [-0.25, -0.2) is 4.98 Å². The molecule has 1 aromatic carbocycles. The summed E-state index contributed by atoms with van der Waals surface area (Å²) in [4.78, 5) is 6.83. The molecular weight excluding hydrogens is 324 g/mol. The van der Waals surface area contributed by atoms with Crippen LogP contribution in [0, 0.1) is 5.92 Å². The lowest BCUT2D eigenvalue weighted by atomic mass is 9.90. The molecule has 1 N–H and O–H groups in total. The predicted octanol–water partition coefficient (Wildman–Crippen LogP) is 3.34. The SMILES string of the molecule is CCn1ccc2c(CN3CCC([C@H](O)c4nccn4C)CC3)cccc21. The molecule has 4 rings (SSSR count). The van der Waals surface area contributed by atoms with E-state index in [2.05, 4.69) is 51.8 Å². The summed E-state index contributed by atoms with van der Waals surface area (Å²) in [6, 6.07) is 8.86. The van der Waals surface area contributed by atoms with E-state index in [1.165, 1.54) is 16.5 Å². The van der Waals surface area contributed by atoms with Gasteiger partial charge in [0.15, 0.2) is 0 Å². The van der Waals surface area contributed by atoms with Crippen molar-refractivity contribution in [3.05, 3.63) is 54.2 Å². The first-order chi connectivity index (χ1) is 12.7. The first kappa shape index (κ1) is 17.3. The van der Waals surface area contributed by atoms with Gasteiger partial charge in [-0.05, 0) is 56.5 Å². The zero-order valence-corrected chi connectivity index (χ0v) is 15.7.